The molecule has 0 N–H and O–H groups in total. The Hall–Kier alpha value is 1.99. The van der Waals surface area contributed by atoms with Crippen LogP contribution in [-0.2, 0) is 26.2 Å². The van der Waals surface area contributed by atoms with Crippen LogP contribution in [0.4, 0.5) is 0 Å². The first kappa shape index (κ1) is 13.6. The Morgan fingerprint density at radius 2 is 1.11 bits per heavy atom. The Morgan fingerprint density at radius 1 is 1.11 bits per heavy atom. The normalized spacial score (nSPS) is 10.4. The third-order valence-corrected chi connectivity index (χ3v) is 0. The van der Waals surface area contributed by atoms with Crippen molar-refractivity contribution in [2.24, 2.45) is 0 Å². The molecule has 0 aromatic heterocycles. The minimum absolute atomic E-state index is 1.12. The van der Waals surface area contributed by atoms with E-state index < -0.39 is 26.2 Å². The second kappa shape index (κ2) is 6.69. The van der Waals surface area contributed by atoms with Gasteiger partial charge in [-0.3, -0.25) is 0 Å². The molecule has 0 bridgehead atoms. The van der Waals surface area contributed by atoms with Crippen molar-refractivity contribution in [1.29, 1.82) is 0 Å². The number of hydrogen-bond donors (Lipinski definition) is 1. The van der Waals surface area contributed by atoms with E-state index in [1.165, 1.54) is 0 Å². The second-order valence-electron chi connectivity index (χ2n) is 0.868. The average molecular weight is 313 g/mol. The molecule has 0 aliphatic carbocycles. The second-order valence-corrected chi connectivity index (χ2v) is 24.1. The number of halogens is 4. The van der Waals surface area contributed by atoms with Gasteiger partial charge in [-0.05, 0) is 0 Å². The maximum absolute atomic E-state index is 9.04. The SMILES string of the molecule is C[SH](=O)=O.[Cl][Zr]([Cl])([Cl])[Cl]. The zero-order valence-electron chi connectivity index (χ0n) is 4.28. The molecule has 0 saturated carbocycles. The predicted octanol–water partition coefficient (Wildman–Crippen LogP) is 1.98. The fourth-order valence-corrected chi connectivity index (χ4v) is 0. The van der Waals surface area contributed by atoms with Crippen LogP contribution in [0.25, 0.3) is 0 Å². The molecule has 0 heterocycles. The standard InChI is InChI=1S/CH4O2S.4ClH.Zr/c1-4(2)3;;;;;/h4H,1H3;4*1H;/q;;;;;+4/p-4. The summed E-state index contributed by atoms with van der Waals surface area (Å²) in [5.41, 5.74) is 0. The van der Waals surface area contributed by atoms with E-state index in [-0.39, 0.29) is 0 Å². The summed E-state index contributed by atoms with van der Waals surface area (Å²) in [4.78, 5) is 0. The van der Waals surface area contributed by atoms with Crippen LogP contribution < -0.4 is 0 Å². The summed E-state index contributed by atoms with van der Waals surface area (Å²) < 4.78 is 18.1. The molecule has 0 unspecified atom stereocenters. The van der Waals surface area contributed by atoms with Gasteiger partial charge in [0.05, 0.1) is 0 Å². The van der Waals surface area contributed by atoms with Crippen LogP contribution in [0.15, 0.2) is 0 Å². The summed E-state index contributed by atoms with van der Waals surface area (Å²) in [5, 5.41) is 0. The van der Waals surface area contributed by atoms with Crippen molar-refractivity contribution in [2.45, 2.75) is 0 Å². The van der Waals surface area contributed by atoms with Gasteiger partial charge in [0.1, 0.15) is 10.7 Å². The maximum atomic E-state index is 9.04. The van der Waals surface area contributed by atoms with Crippen LogP contribution in [0.1, 0.15) is 0 Å². The molecule has 58 valence electrons. The summed E-state index contributed by atoms with van der Waals surface area (Å²) in [5.74, 6) is 0. The molecule has 0 aromatic rings. The van der Waals surface area contributed by atoms with Crippen molar-refractivity contribution < 1.29 is 23.9 Å². The van der Waals surface area contributed by atoms with Crippen molar-refractivity contribution in [1.82, 2.24) is 0 Å². The van der Waals surface area contributed by atoms with Crippen molar-refractivity contribution >= 4 is 44.8 Å². The van der Waals surface area contributed by atoms with E-state index in [0.717, 1.165) is 6.26 Å². The van der Waals surface area contributed by atoms with Gasteiger partial charge in [0.2, 0.25) is 0 Å². The topological polar surface area (TPSA) is 34.1 Å². The van der Waals surface area contributed by atoms with Crippen LogP contribution in [0, 0.1) is 0 Å². The quantitative estimate of drug-likeness (QED) is 0.694. The molecule has 2 nitrogen and oxygen atoms in total. The molecule has 0 aromatic carbocycles. The fraction of sp³-hybridized carbons (Fsp3) is 1.00. The van der Waals surface area contributed by atoms with Crippen LogP contribution >= 0.6 is 34.1 Å². The van der Waals surface area contributed by atoms with E-state index in [9.17, 15) is 0 Å². The van der Waals surface area contributed by atoms with Crippen molar-refractivity contribution in [2.75, 3.05) is 6.26 Å². The molecule has 0 amide bonds. The molecule has 0 fully saturated rings. The third kappa shape index (κ3) is 161. The first-order valence-electron chi connectivity index (χ1n) is 1.57. The van der Waals surface area contributed by atoms with Crippen molar-refractivity contribution in [3.05, 3.63) is 0 Å². The predicted molar refractivity (Wildman–Crippen MR) is 39.7 cm³/mol. The summed E-state index contributed by atoms with van der Waals surface area (Å²) in [6, 6.07) is 0. The van der Waals surface area contributed by atoms with Crippen LogP contribution in [0.3, 0.4) is 0 Å². The average Bonchev–Trinajstić information content (AvgIpc) is 1.19. The van der Waals surface area contributed by atoms with Gasteiger partial charge < -0.3 is 0 Å². The van der Waals surface area contributed by atoms with Gasteiger partial charge in [-0.25, -0.2) is 8.42 Å². The van der Waals surface area contributed by atoms with E-state index in [2.05, 4.69) is 0 Å². The van der Waals surface area contributed by atoms with Gasteiger partial charge >= 0.3 is 49.5 Å². The van der Waals surface area contributed by atoms with Gasteiger partial charge in [-0.2, -0.15) is 0 Å². The Labute approximate surface area is 74.0 Å². The fourth-order valence-electron chi connectivity index (χ4n) is 0. The molecular formula is CH4Cl4O2SZr. The zero-order chi connectivity index (χ0) is 8.08. The molecule has 0 spiro atoms. The number of hydrogen-bond acceptors (Lipinski definition) is 2. The molecule has 0 atom stereocenters. The molecule has 9 heavy (non-hydrogen) atoms. The monoisotopic (exact) mass is 310 g/mol. The number of thiol groups is 1. The molecule has 0 aliphatic heterocycles. The van der Waals surface area contributed by atoms with E-state index in [4.69, 9.17) is 42.5 Å². The molecule has 0 radical (unpaired) electrons. The minimum atomic E-state index is -3.29. The third-order valence-electron chi connectivity index (χ3n) is 0. The molecule has 0 rings (SSSR count). The number of rotatable bonds is 0. The Morgan fingerprint density at radius 3 is 1.11 bits per heavy atom. The van der Waals surface area contributed by atoms with Crippen molar-refractivity contribution in [3.8, 4) is 0 Å². The van der Waals surface area contributed by atoms with E-state index in [0.29, 0.717) is 0 Å². The summed E-state index contributed by atoms with van der Waals surface area (Å²) in [6.45, 7) is 0. The van der Waals surface area contributed by atoms with Gasteiger partial charge in [0.15, 0.2) is 0 Å². The molecular weight excluding hydrogens is 309 g/mol. The van der Waals surface area contributed by atoms with Crippen LogP contribution in [0.5, 0.6) is 0 Å². The Kier molecular flexibility index (Phi) is 10.1. The Balaban J connectivity index is 0. The van der Waals surface area contributed by atoms with Gasteiger partial charge in [-0.1, -0.05) is 0 Å². The van der Waals surface area contributed by atoms with Crippen molar-refractivity contribution in [3.63, 3.8) is 0 Å². The summed E-state index contributed by atoms with van der Waals surface area (Å²) in [7, 11) is 18.0. The van der Waals surface area contributed by atoms with E-state index in [1.54, 1.807) is 0 Å². The van der Waals surface area contributed by atoms with Crippen LogP contribution in [-0.4, -0.2) is 14.7 Å². The first-order chi connectivity index (χ1) is 3.73. The Bertz CT molecular complexity index is 113. The van der Waals surface area contributed by atoms with E-state index >= 15 is 0 Å². The molecule has 8 heteroatoms. The molecule has 0 saturated heterocycles. The van der Waals surface area contributed by atoms with E-state index in [1.807, 2.05) is 0 Å². The molecule has 0 aliphatic rings. The van der Waals surface area contributed by atoms with Gasteiger partial charge in [0.25, 0.3) is 0 Å². The first-order valence-corrected chi connectivity index (χ1v) is 15.9. The zero-order valence-corrected chi connectivity index (χ0v) is 10.7. The van der Waals surface area contributed by atoms with Gasteiger partial charge in [-0.15, -0.1) is 0 Å². The van der Waals surface area contributed by atoms with Crippen LogP contribution in [0.2, 0.25) is 0 Å². The van der Waals surface area contributed by atoms with Gasteiger partial charge in [0, 0.05) is 6.26 Å². The summed E-state index contributed by atoms with van der Waals surface area (Å²) >= 11 is -3.29. The summed E-state index contributed by atoms with van der Waals surface area (Å²) in [6.07, 6.45) is 1.12.